The molecule has 1 aromatic carbocycles. The molecule has 98 valence electrons. The number of fused-ring (bicyclic) bond motifs is 1. The molecule has 1 N–H and O–H groups in total. The molecule has 0 aromatic heterocycles. The zero-order valence-corrected chi connectivity index (χ0v) is 11.3. The van der Waals surface area contributed by atoms with Crippen molar-refractivity contribution in [2.75, 3.05) is 25.0 Å². The van der Waals surface area contributed by atoms with Gasteiger partial charge in [0.15, 0.2) is 0 Å². The van der Waals surface area contributed by atoms with E-state index in [-0.39, 0.29) is 0 Å². The van der Waals surface area contributed by atoms with E-state index in [1.165, 1.54) is 24.1 Å². The Morgan fingerprint density at radius 3 is 2.94 bits per heavy atom. The Hall–Kier alpha value is -1.22. The second-order valence-electron chi connectivity index (χ2n) is 5.64. The molecule has 0 amide bonds. The Bertz CT molecular complexity index is 425. The van der Waals surface area contributed by atoms with Crippen molar-refractivity contribution >= 4 is 5.69 Å². The van der Waals surface area contributed by atoms with Crippen LogP contribution in [-0.4, -0.2) is 36.7 Å². The fourth-order valence-corrected chi connectivity index (χ4v) is 2.67. The van der Waals surface area contributed by atoms with Crippen molar-refractivity contribution in [1.29, 1.82) is 0 Å². The molecule has 3 nitrogen and oxygen atoms in total. The van der Waals surface area contributed by atoms with Gasteiger partial charge < -0.3 is 10.1 Å². The van der Waals surface area contributed by atoms with Crippen LogP contribution >= 0.6 is 0 Å². The van der Waals surface area contributed by atoms with Crippen molar-refractivity contribution in [3.05, 3.63) is 23.8 Å². The highest BCUT2D eigenvalue weighted by molar-refractivity contribution is 5.56. The lowest BCUT2D eigenvalue weighted by atomic mass is 10.0. The van der Waals surface area contributed by atoms with E-state index in [4.69, 9.17) is 4.74 Å². The van der Waals surface area contributed by atoms with Gasteiger partial charge in [-0.25, -0.2) is 0 Å². The van der Waals surface area contributed by atoms with Crippen LogP contribution in [0.4, 0.5) is 5.69 Å². The predicted molar refractivity (Wildman–Crippen MR) is 74.4 cm³/mol. The van der Waals surface area contributed by atoms with Crippen LogP contribution in [0, 0.1) is 0 Å². The van der Waals surface area contributed by atoms with E-state index in [0.29, 0.717) is 12.1 Å². The molecule has 0 spiro atoms. The number of hydrogen-bond donors (Lipinski definition) is 1. The van der Waals surface area contributed by atoms with E-state index in [9.17, 15) is 0 Å². The maximum Gasteiger partial charge on any atom is 0.124 e. The fraction of sp³-hybridized carbons (Fsp3) is 0.600. The monoisotopic (exact) mass is 246 g/mol. The number of ether oxygens (including phenoxy) is 1. The standard InChI is InChI=1S/C15H22N2O/c1-11(2)17-9-14(10-17)18-13-6-5-12-4-3-7-16-15(12)8-13/h5-6,8,11,14,16H,3-4,7,9-10H2,1-2H3. The first-order valence-electron chi connectivity index (χ1n) is 7.00. The summed E-state index contributed by atoms with van der Waals surface area (Å²) < 4.78 is 6.02. The number of benzene rings is 1. The van der Waals surface area contributed by atoms with Crippen LogP contribution in [0.15, 0.2) is 18.2 Å². The molecule has 18 heavy (non-hydrogen) atoms. The SMILES string of the molecule is CC(C)N1CC(Oc2ccc3c(c2)NCCC3)C1. The third-order valence-electron chi connectivity index (χ3n) is 3.93. The Kier molecular flexibility index (Phi) is 3.16. The van der Waals surface area contributed by atoms with Gasteiger partial charge in [0.2, 0.25) is 0 Å². The van der Waals surface area contributed by atoms with Crippen LogP contribution in [0.5, 0.6) is 5.75 Å². The van der Waals surface area contributed by atoms with Gasteiger partial charge in [-0.05, 0) is 38.3 Å². The number of hydrogen-bond acceptors (Lipinski definition) is 3. The maximum atomic E-state index is 6.02. The molecule has 1 aromatic rings. The van der Waals surface area contributed by atoms with Crippen LogP contribution in [0.25, 0.3) is 0 Å². The summed E-state index contributed by atoms with van der Waals surface area (Å²) in [4.78, 5) is 2.43. The highest BCUT2D eigenvalue weighted by Gasteiger charge is 2.30. The molecule has 3 rings (SSSR count). The lowest BCUT2D eigenvalue weighted by Gasteiger charge is -2.41. The van der Waals surface area contributed by atoms with E-state index in [1.807, 2.05) is 0 Å². The van der Waals surface area contributed by atoms with Crippen molar-refractivity contribution in [3.8, 4) is 5.75 Å². The topological polar surface area (TPSA) is 24.5 Å². The number of nitrogens with zero attached hydrogens (tertiary/aromatic N) is 1. The minimum Gasteiger partial charge on any atom is -0.488 e. The van der Waals surface area contributed by atoms with E-state index < -0.39 is 0 Å². The number of rotatable bonds is 3. The second kappa shape index (κ2) is 4.81. The third kappa shape index (κ3) is 2.32. The summed E-state index contributed by atoms with van der Waals surface area (Å²) in [6, 6.07) is 7.11. The Morgan fingerprint density at radius 2 is 2.17 bits per heavy atom. The summed E-state index contributed by atoms with van der Waals surface area (Å²) >= 11 is 0. The molecule has 1 fully saturated rings. The normalized spacial score (nSPS) is 20.2. The van der Waals surface area contributed by atoms with Crippen molar-refractivity contribution in [3.63, 3.8) is 0 Å². The molecular weight excluding hydrogens is 224 g/mol. The molecule has 2 heterocycles. The van der Waals surface area contributed by atoms with Crippen molar-refractivity contribution < 1.29 is 4.74 Å². The predicted octanol–water partition coefficient (Wildman–Crippen LogP) is 2.52. The van der Waals surface area contributed by atoms with Gasteiger partial charge in [0, 0.05) is 37.4 Å². The summed E-state index contributed by atoms with van der Waals surface area (Å²) in [6.45, 7) is 7.67. The summed E-state index contributed by atoms with van der Waals surface area (Å²) in [5, 5.41) is 3.45. The lowest BCUT2D eigenvalue weighted by molar-refractivity contribution is 0.000173. The van der Waals surface area contributed by atoms with Crippen molar-refractivity contribution in [1.82, 2.24) is 4.90 Å². The number of likely N-dealkylation sites (tertiary alicyclic amines) is 1. The Morgan fingerprint density at radius 1 is 1.33 bits per heavy atom. The Balaban J connectivity index is 1.61. The molecule has 2 aliphatic heterocycles. The quantitative estimate of drug-likeness (QED) is 0.887. The largest absolute Gasteiger partial charge is 0.488 e. The molecule has 0 bridgehead atoms. The van der Waals surface area contributed by atoms with E-state index in [2.05, 4.69) is 42.3 Å². The molecule has 0 radical (unpaired) electrons. The first-order valence-corrected chi connectivity index (χ1v) is 7.00. The first-order chi connectivity index (χ1) is 8.72. The summed E-state index contributed by atoms with van der Waals surface area (Å²) in [7, 11) is 0. The molecule has 1 saturated heterocycles. The average Bonchev–Trinajstić information content (AvgIpc) is 2.32. The van der Waals surface area contributed by atoms with Crippen LogP contribution in [-0.2, 0) is 6.42 Å². The van der Waals surface area contributed by atoms with E-state index in [0.717, 1.165) is 25.4 Å². The smallest absolute Gasteiger partial charge is 0.124 e. The zero-order chi connectivity index (χ0) is 12.5. The number of nitrogens with one attached hydrogen (secondary N) is 1. The van der Waals surface area contributed by atoms with Crippen LogP contribution in [0.3, 0.4) is 0 Å². The summed E-state index contributed by atoms with van der Waals surface area (Å²) in [5.41, 5.74) is 2.69. The zero-order valence-electron chi connectivity index (χ0n) is 11.3. The molecule has 0 aliphatic carbocycles. The van der Waals surface area contributed by atoms with Crippen LogP contribution in [0.1, 0.15) is 25.8 Å². The van der Waals surface area contributed by atoms with Gasteiger partial charge in [0.1, 0.15) is 11.9 Å². The van der Waals surface area contributed by atoms with Crippen LogP contribution in [0.2, 0.25) is 0 Å². The van der Waals surface area contributed by atoms with Gasteiger partial charge in [0.05, 0.1) is 0 Å². The molecule has 2 aliphatic rings. The van der Waals surface area contributed by atoms with Gasteiger partial charge in [-0.15, -0.1) is 0 Å². The molecule has 0 saturated carbocycles. The maximum absolute atomic E-state index is 6.02. The van der Waals surface area contributed by atoms with E-state index in [1.54, 1.807) is 0 Å². The Labute approximate surface area is 109 Å². The minimum atomic E-state index is 0.369. The lowest BCUT2D eigenvalue weighted by Crippen LogP contribution is -2.56. The van der Waals surface area contributed by atoms with Crippen molar-refractivity contribution in [2.24, 2.45) is 0 Å². The van der Waals surface area contributed by atoms with Gasteiger partial charge in [-0.3, -0.25) is 4.90 Å². The van der Waals surface area contributed by atoms with Crippen molar-refractivity contribution in [2.45, 2.75) is 38.8 Å². The first kappa shape index (κ1) is 11.8. The van der Waals surface area contributed by atoms with Gasteiger partial charge >= 0.3 is 0 Å². The molecule has 3 heteroatoms. The highest BCUT2D eigenvalue weighted by Crippen LogP contribution is 2.28. The number of aryl methyl sites for hydroxylation is 1. The fourth-order valence-electron chi connectivity index (χ4n) is 2.67. The summed E-state index contributed by atoms with van der Waals surface area (Å²) in [5.74, 6) is 1.01. The van der Waals surface area contributed by atoms with Gasteiger partial charge in [-0.1, -0.05) is 6.07 Å². The third-order valence-corrected chi connectivity index (χ3v) is 3.93. The number of anilines is 1. The average molecular weight is 246 g/mol. The van der Waals surface area contributed by atoms with Gasteiger partial charge in [-0.2, -0.15) is 0 Å². The van der Waals surface area contributed by atoms with E-state index >= 15 is 0 Å². The van der Waals surface area contributed by atoms with Gasteiger partial charge in [0.25, 0.3) is 0 Å². The highest BCUT2D eigenvalue weighted by atomic mass is 16.5. The molecule has 0 unspecified atom stereocenters. The second-order valence-corrected chi connectivity index (χ2v) is 5.64. The molecular formula is C15H22N2O. The molecule has 0 atom stereocenters. The summed E-state index contributed by atoms with van der Waals surface area (Å²) in [6.07, 6.45) is 2.79. The minimum absolute atomic E-state index is 0.369. The van der Waals surface area contributed by atoms with Crippen LogP contribution < -0.4 is 10.1 Å².